The molecule has 1 aromatic carbocycles. The molecule has 1 aromatic rings. The number of halogens is 2. The third kappa shape index (κ3) is 3.97. The molecule has 0 saturated carbocycles. The fourth-order valence-corrected chi connectivity index (χ4v) is 3.06. The van der Waals surface area contributed by atoms with Gasteiger partial charge in [-0.15, -0.1) is 0 Å². The van der Waals surface area contributed by atoms with Crippen LogP contribution in [0.25, 0.3) is 0 Å². The van der Waals surface area contributed by atoms with E-state index in [9.17, 15) is 0 Å². The van der Waals surface area contributed by atoms with Gasteiger partial charge in [0.05, 0.1) is 0 Å². The third-order valence-electron chi connectivity index (χ3n) is 3.24. The maximum atomic E-state index is 6.35. The molecule has 1 N–H and O–H groups in total. The van der Waals surface area contributed by atoms with Crippen molar-refractivity contribution in [2.75, 3.05) is 6.54 Å². The van der Waals surface area contributed by atoms with E-state index in [4.69, 9.17) is 11.6 Å². The minimum atomic E-state index is 0.357. The minimum absolute atomic E-state index is 0.357. The largest absolute Gasteiger partial charge is 0.310 e. The molecule has 96 valence electrons. The summed E-state index contributed by atoms with van der Waals surface area (Å²) in [5.74, 6) is 0.633. The number of nitrogens with one attached hydrogen (secondary N) is 1. The van der Waals surface area contributed by atoms with Crippen LogP contribution in [-0.2, 0) is 0 Å². The van der Waals surface area contributed by atoms with Gasteiger partial charge in [-0.25, -0.2) is 0 Å². The second kappa shape index (κ2) is 7.40. The van der Waals surface area contributed by atoms with E-state index in [-0.39, 0.29) is 0 Å². The first-order valence-corrected chi connectivity index (χ1v) is 7.49. The highest BCUT2D eigenvalue weighted by Gasteiger charge is 2.21. The van der Waals surface area contributed by atoms with Gasteiger partial charge >= 0.3 is 0 Å². The summed E-state index contributed by atoms with van der Waals surface area (Å²) in [4.78, 5) is 0. The molecule has 0 aliphatic rings. The first-order valence-electron chi connectivity index (χ1n) is 6.32. The van der Waals surface area contributed by atoms with Gasteiger partial charge in [-0.1, -0.05) is 67.2 Å². The van der Waals surface area contributed by atoms with Crippen molar-refractivity contribution in [3.63, 3.8) is 0 Å². The molecule has 0 aliphatic carbocycles. The smallest absolute Gasteiger partial charge is 0.0465 e. The molecule has 1 atom stereocenters. The molecule has 0 spiro atoms. The lowest BCUT2D eigenvalue weighted by Crippen LogP contribution is -2.28. The van der Waals surface area contributed by atoms with Gasteiger partial charge in [-0.2, -0.15) is 0 Å². The van der Waals surface area contributed by atoms with Crippen molar-refractivity contribution in [2.24, 2.45) is 5.92 Å². The third-order valence-corrected chi connectivity index (χ3v) is 4.06. The van der Waals surface area contributed by atoms with E-state index >= 15 is 0 Å². The van der Waals surface area contributed by atoms with Crippen molar-refractivity contribution in [2.45, 2.75) is 39.7 Å². The lowest BCUT2D eigenvalue weighted by atomic mass is 9.89. The Morgan fingerprint density at radius 2 is 1.88 bits per heavy atom. The molecule has 0 aromatic heterocycles. The monoisotopic (exact) mass is 317 g/mol. The van der Waals surface area contributed by atoms with Gasteiger partial charge in [0, 0.05) is 15.5 Å². The van der Waals surface area contributed by atoms with Crippen LogP contribution in [-0.4, -0.2) is 6.54 Å². The Labute approximate surface area is 118 Å². The SMILES string of the molecule is CCNC(c1ccc(Br)cc1Cl)C(CC)CC. The van der Waals surface area contributed by atoms with Crippen molar-refractivity contribution >= 4 is 27.5 Å². The molecule has 1 rings (SSSR count). The second-order valence-electron chi connectivity index (χ2n) is 4.28. The zero-order valence-corrected chi connectivity index (χ0v) is 13.1. The molecule has 0 heterocycles. The van der Waals surface area contributed by atoms with Gasteiger partial charge in [0.25, 0.3) is 0 Å². The van der Waals surface area contributed by atoms with E-state index in [1.165, 1.54) is 18.4 Å². The van der Waals surface area contributed by atoms with Gasteiger partial charge < -0.3 is 5.32 Å². The van der Waals surface area contributed by atoms with E-state index < -0.39 is 0 Å². The van der Waals surface area contributed by atoms with Crippen molar-refractivity contribution in [3.05, 3.63) is 33.3 Å². The van der Waals surface area contributed by atoms with Crippen LogP contribution in [0.15, 0.2) is 22.7 Å². The van der Waals surface area contributed by atoms with Gasteiger partial charge in [-0.05, 0) is 30.2 Å². The summed E-state index contributed by atoms with van der Waals surface area (Å²) < 4.78 is 1.03. The van der Waals surface area contributed by atoms with Crippen molar-refractivity contribution < 1.29 is 0 Å². The van der Waals surface area contributed by atoms with E-state index in [1.54, 1.807) is 0 Å². The Hall–Kier alpha value is -0.0500. The maximum absolute atomic E-state index is 6.35. The summed E-state index contributed by atoms with van der Waals surface area (Å²) in [7, 11) is 0. The Morgan fingerprint density at radius 1 is 1.24 bits per heavy atom. The van der Waals surface area contributed by atoms with Crippen LogP contribution in [0.2, 0.25) is 5.02 Å². The van der Waals surface area contributed by atoms with Crippen LogP contribution < -0.4 is 5.32 Å². The fraction of sp³-hybridized carbons (Fsp3) is 0.571. The van der Waals surface area contributed by atoms with Crippen LogP contribution in [0.4, 0.5) is 0 Å². The van der Waals surface area contributed by atoms with Crippen molar-refractivity contribution in [3.8, 4) is 0 Å². The minimum Gasteiger partial charge on any atom is -0.310 e. The van der Waals surface area contributed by atoms with Gasteiger partial charge in [0.15, 0.2) is 0 Å². The lowest BCUT2D eigenvalue weighted by Gasteiger charge is -2.27. The zero-order chi connectivity index (χ0) is 12.8. The highest BCUT2D eigenvalue weighted by atomic mass is 79.9. The molecule has 3 heteroatoms. The van der Waals surface area contributed by atoms with Crippen LogP contribution in [0.1, 0.15) is 45.2 Å². The molecule has 0 amide bonds. The van der Waals surface area contributed by atoms with Gasteiger partial charge in [0.2, 0.25) is 0 Å². The number of hydrogen-bond donors (Lipinski definition) is 1. The molecule has 1 nitrogen and oxygen atoms in total. The van der Waals surface area contributed by atoms with E-state index in [2.05, 4.69) is 54.2 Å². The first kappa shape index (κ1) is 15.0. The molecule has 0 radical (unpaired) electrons. The average Bonchev–Trinajstić information content (AvgIpc) is 2.30. The van der Waals surface area contributed by atoms with E-state index in [1.807, 2.05) is 6.07 Å². The maximum Gasteiger partial charge on any atom is 0.0465 e. The van der Waals surface area contributed by atoms with E-state index in [0.29, 0.717) is 12.0 Å². The summed E-state index contributed by atoms with van der Waals surface area (Å²) in [5.41, 5.74) is 1.21. The Kier molecular flexibility index (Phi) is 6.53. The number of hydrogen-bond acceptors (Lipinski definition) is 1. The van der Waals surface area contributed by atoms with E-state index in [0.717, 1.165) is 16.0 Å². The normalized spacial score (nSPS) is 13.1. The number of benzene rings is 1. The highest BCUT2D eigenvalue weighted by molar-refractivity contribution is 9.10. The first-order chi connectivity index (χ1) is 8.13. The zero-order valence-electron chi connectivity index (χ0n) is 10.8. The molecular formula is C14H21BrClN. The van der Waals surface area contributed by atoms with Crippen molar-refractivity contribution in [1.82, 2.24) is 5.32 Å². The molecule has 0 bridgehead atoms. The fourth-order valence-electron chi connectivity index (χ4n) is 2.26. The molecular weight excluding hydrogens is 298 g/mol. The van der Waals surface area contributed by atoms with Crippen LogP contribution in [0.3, 0.4) is 0 Å². The van der Waals surface area contributed by atoms with Gasteiger partial charge in [-0.3, -0.25) is 0 Å². The van der Waals surface area contributed by atoms with Crippen molar-refractivity contribution in [1.29, 1.82) is 0 Å². The standard InChI is InChI=1S/C14H21BrClN/c1-4-10(5-2)14(17-6-3)12-8-7-11(15)9-13(12)16/h7-10,14,17H,4-6H2,1-3H3. The predicted molar refractivity (Wildman–Crippen MR) is 79.6 cm³/mol. The quantitative estimate of drug-likeness (QED) is 0.761. The van der Waals surface area contributed by atoms with Crippen LogP contribution >= 0.6 is 27.5 Å². The average molecular weight is 319 g/mol. The summed E-state index contributed by atoms with van der Waals surface area (Å²) in [6.45, 7) is 7.59. The number of rotatable bonds is 6. The second-order valence-corrected chi connectivity index (χ2v) is 5.60. The Morgan fingerprint density at radius 3 is 2.35 bits per heavy atom. The van der Waals surface area contributed by atoms with Crippen LogP contribution in [0, 0.1) is 5.92 Å². The molecule has 17 heavy (non-hydrogen) atoms. The molecule has 0 fully saturated rings. The summed E-state index contributed by atoms with van der Waals surface area (Å²) in [6, 6.07) is 6.52. The Balaban J connectivity index is 3.03. The lowest BCUT2D eigenvalue weighted by molar-refractivity contribution is 0.346. The topological polar surface area (TPSA) is 12.0 Å². The summed E-state index contributed by atoms with van der Waals surface area (Å²) in [5, 5.41) is 4.41. The predicted octanol–water partition coefficient (Wildman–Crippen LogP) is 5.19. The molecule has 1 unspecified atom stereocenters. The highest BCUT2D eigenvalue weighted by Crippen LogP contribution is 2.33. The Bertz CT molecular complexity index is 350. The molecule has 0 saturated heterocycles. The van der Waals surface area contributed by atoms with Crippen LogP contribution in [0.5, 0.6) is 0 Å². The van der Waals surface area contributed by atoms with Gasteiger partial charge in [0.1, 0.15) is 0 Å². The summed E-state index contributed by atoms with van der Waals surface area (Å²) in [6.07, 6.45) is 2.33. The summed E-state index contributed by atoms with van der Waals surface area (Å²) >= 11 is 9.80. The molecule has 0 aliphatic heterocycles.